The number of nitrogens with one attached hydrogen (secondary N) is 1. The molecule has 4 heteroatoms. The van der Waals surface area contributed by atoms with Crippen molar-refractivity contribution in [2.75, 3.05) is 13.2 Å². The number of esters is 1. The number of hydrogen-bond acceptors (Lipinski definition) is 3. The largest absolute Gasteiger partial charge is 0.463 e. The predicted molar refractivity (Wildman–Crippen MR) is 77.1 cm³/mol. The summed E-state index contributed by atoms with van der Waals surface area (Å²) in [6, 6.07) is 0. The summed E-state index contributed by atoms with van der Waals surface area (Å²) in [6.07, 6.45) is 11.0. The zero-order valence-corrected chi connectivity index (χ0v) is 12.0. The maximum Gasteiger partial charge on any atom is 0.330 e. The first-order valence-corrected chi connectivity index (χ1v) is 7.62. The third-order valence-electron chi connectivity index (χ3n) is 3.81. The number of carbonyl (C=O) groups excluding carboxylic acids is 2. The second-order valence-electron chi connectivity index (χ2n) is 5.38. The molecule has 0 aromatic rings. The van der Waals surface area contributed by atoms with Crippen molar-refractivity contribution in [3.8, 4) is 0 Å². The number of cyclic esters (lactones) is 1. The number of rotatable bonds is 0. The van der Waals surface area contributed by atoms with Crippen molar-refractivity contribution in [1.82, 2.24) is 5.32 Å². The molecule has 0 atom stereocenters. The van der Waals surface area contributed by atoms with Gasteiger partial charge >= 0.3 is 5.97 Å². The van der Waals surface area contributed by atoms with E-state index in [-0.39, 0.29) is 11.9 Å². The van der Waals surface area contributed by atoms with E-state index in [0.717, 1.165) is 69.1 Å². The highest BCUT2D eigenvalue weighted by molar-refractivity contribution is 5.95. The standard InChI is InChI=1S/C16H23NO3/c18-15-10-9-13-7-3-4-8-14(13)16(19)17-11-5-1-2-6-12-20-15/h9-10H,1-8,11-12H2,(H,17,19)/b10-9+. The maximum absolute atomic E-state index is 12.2. The number of ether oxygens (including phenoxy) is 1. The zero-order valence-electron chi connectivity index (χ0n) is 12.0. The van der Waals surface area contributed by atoms with Gasteiger partial charge in [0.15, 0.2) is 0 Å². The molecule has 1 heterocycles. The molecule has 0 saturated heterocycles. The lowest BCUT2D eigenvalue weighted by Gasteiger charge is -2.18. The Kier molecular flexibility index (Phi) is 5.84. The van der Waals surface area contributed by atoms with E-state index in [1.54, 1.807) is 6.08 Å². The van der Waals surface area contributed by atoms with Crippen LogP contribution in [0.1, 0.15) is 51.4 Å². The molecule has 20 heavy (non-hydrogen) atoms. The minimum atomic E-state index is -0.306. The highest BCUT2D eigenvalue weighted by atomic mass is 16.5. The van der Waals surface area contributed by atoms with E-state index < -0.39 is 0 Å². The van der Waals surface area contributed by atoms with Gasteiger partial charge < -0.3 is 10.1 Å². The fourth-order valence-electron chi connectivity index (χ4n) is 2.65. The summed E-state index contributed by atoms with van der Waals surface area (Å²) in [5, 5.41) is 3.00. The summed E-state index contributed by atoms with van der Waals surface area (Å²) in [6.45, 7) is 1.22. The second-order valence-corrected chi connectivity index (χ2v) is 5.38. The molecule has 2 rings (SSSR count). The molecule has 1 aliphatic carbocycles. The van der Waals surface area contributed by atoms with Gasteiger partial charge in [0.2, 0.25) is 5.91 Å². The van der Waals surface area contributed by atoms with E-state index in [1.807, 2.05) is 0 Å². The molecule has 0 aromatic carbocycles. The van der Waals surface area contributed by atoms with E-state index >= 15 is 0 Å². The Balaban J connectivity index is 2.12. The van der Waals surface area contributed by atoms with Gasteiger partial charge in [-0.25, -0.2) is 4.79 Å². The summed E-state index contributed by atoms with van der Waals surface area (Å²) < 4.78 is 5.14. The van der Waals surface area contributed by atoms with Crippen LogP contribution in [0.4, 0.5) is 0 Å². The molecule has 0 fully saturated rings. The first-order valence-electron chi connectivity index (χ1n) is 7.62. The van der Waals surface area contributed by atoms with Crippen LogP contribution in [0.3, 0.4) is 0 Å². The van der Waals surface area contributed by atoms with Crippen molar-refractivity contribution in [2.24, 2.45) is 0 Å². The third-order valence-corrected chi connectivity index (χ3v) is 3.81. The quantitative estimate of drug-likeness (QED) is 0.693. The van der Waals surface area contributed by atoms with Crippen molar-refractivity contribution < 1.29 is 14.3 Å². The van der Waals surface area contributed by atoms with Crippen LogP contribution in [0.5, 0.6) is 0 Å². The number of amides is 1. The zero-order chi connectivity index (χ0) is 14.2. The second kappa shape index (κ2) is 7.88. The predicted octanol–water partition coefficient (Wildman–Crippen LogP) is 2.65. The van der Waals surface area contributed by atoms with Gasteiger partial charge in [0.1, 0.15) is 0 Å². The molecule has 1 aliphatic heterocycles. The number of allylic oxidation sites excluding steroid dienone is 2. The van der Waals surface area contributed by atoms with Crippen molar-refractivity contribution in [1.29, 1.82) is 0 Å². The monoisotopic (exact) mass is 277 g/mol. The number of hydrogen-bond donors (Lipinski definition) is 1. The summed E-state index contributed by atoms with van der Waals surface area (Å²) in [5.74, 6) is -0.269. The molecule has 1 N–H and O–H groups in total. The van der Waals surface area contributed by atoms with Crippen molar-refractivity contribution in [2.45, 2.75) is 51.4 Å². The first-order chi connectivity index (χ1) is 9.77. The SMILES string of the molecule is O=C1/C=C/C2=C(CCCC2)C(=O)NCCCCCCO1. The first kappa shape index (κ1) is 14.8. The van der Waals surface area contributed by atoms with E-state index in [2.05, 4.69) is 5.32 Å². The lowest BCUT2D eigenvalue weighted by Crippen LogP contribution is -2.27. The molecular weight excluding hydrogens is 254 g/mol. The van der Waals surface area contributed by atoms with E-state index in [9.17, 15) is 9.59 Å². The molecule has 1 amide bonds. The van der Waals surface area contributed by atoms with Crippen molar-refractivity contribution in [3.05, 3.63) is 23.3 Å². The fourth-order valence-corrected chi connectivity index (χ4v) is 2.65. The van der Waals surface area contributed by atoms with Crippen molar-refractivity contribution >= 4 is 11.9 Å². The van der Waals surface area contributed by atoms with Crippen LogP contribution in [0.2, 0.25) is 0 Å². The van der Waals surface area contributed by atoms with Gasteiger partial charge in [-0.2, -0.15) is 0 Å². The van der Waals surface area contributed by atoms with Crippen LogP contribution in [0, 0.1) is 0 Å². The van der Waals surface area contributed by atoms with E-state index in [0.29, 0.717) is 6.61 Å². The Labute approximate surface area is 120 Å². The Morgan fingerprint density at radius 1 is 0.900 bits per heavy atom. The third kappa shape index (κ3) is 4.51. The highest BCUT2D eigenvalue weighted by Crippen LogP contribution is 2.25. The van der Waals surface area contributed by atoms with Gasteiger partial charge in [-0.05, 0) is 50.5 Å². The van der Waals surface area contributed by atoms with Crippen LogP contribution >= 0.6 is 0 Å². The van der Waals surface area contributed by atoms with E-state index in [4.69, 9.17) is 4.74 Å². The molecular formula is C16H23NO3. The maximum atomic E-state index is 12.2. The van der Waals surface area contributed by atoms with Gasteiger partial charge in [-0.3, -0.25) is 4.79 Å². The van der Waals surface area contributed by atoms with Gasteiger partial charge in [-0.1, -0.05) is 12.5 Å². The highest BCUT2D eigenvalue weighted by Gasteiger charge is 2.17. The average molecular weight is 277 g/mol. The Bertz CT molecular complexity index is 423. The lowest BCUT2D eigenvalue weighted by molar-refractivity contribution is -0.137. The Morgan fingerprint density at radius 3 is 2.60 bits per heavy atom. The summed E-state index contributed by atoms with van der Waals surface area (Å²) in [4.78, 5) is 23.8. The molecule has 0 unspecified atom stereocenters. The normalized spacial score (nSPS) is 24.2. The molecule has 0 saturated carbocycles. The molecule has 4 nitrogen and oxygen atoms in total. The van der Waals surface area contributed by atoms with Crippen LogP contribution < -0.4 is 5.32 Å². The van der Waals surface area contributed by atoms with Crippen LogP contribution in [-0.2, 0) is 14.3 Å². The molecule has 110 valence electrons. The van der Waals surface area contributed by atoms with Crippen LogP contribution in [0.15, 0.2) is 23.3 Å². The Morgan fingerprint density at radius 2 is 1.70 bits per heavy atom. The molecule has 0 spiro atoms. The van der Waals surface area contributed by atoms with Crippen LogP contribution in [0.25, 0.3) is 0 Å². The van der Waals surface area contributed by atoms with Crippen LogP contribution in [-0.4, -0.2) is 25.0 Å². The average Bonchev–Trinajstić information content (AvgIpc) is 2.47. The van der Waals surface area contributed by atoms with Crippen molar-refractivity contribution in [3.63, 3.8) is 0 Å². The summed E-state index contributed by atoms with van der Waals surface area (Å²) in [5.41, 5.74) is 1.83. The minimum absolute atomic E-state index is 0.0368. The molecule has 2 aliphatic rings. The molecule has 0 bridgehead atoms. The van der Waals surface area contributed by atoms with E-state index in [1.165, 1.54) is 6.08 Å². The lowest BCUT2D eigenvalue weighted by atomic mass is 9.91. The van der Waals surface area contributed by atoms with Gasteiger partial charge in [0, 0.05) is 18.2 Å². The van der Waals surface area contributed by atoms with Gasteiger partial charge in [-0.15, -0.1) is 0 Å². The Hall–Kier alpha value is -1.58. The van der Waals surface area contributed by atoms with Gasteiger partial charge in [0.25, 0.3) is 0 Å². The number of carbonyl (C=O) groups is 2. The summed E-state index contributed by atoms with van der Waals surface area (Å²) in [7, 11) is 0. The molecule has 0 radical (unpaired) electrons. The smallest absolute Gasteiger partial charge is 0.330 e. The minimum Gasteiger partial charge on any atom is -0.463 e. The topological polar surface area (TPSA) is 55.4 Å². The van der Waals surface area contributed by atoms with Gasteiger partial charge in [0.05, 0.1) is 6.61 Å². The molecule has 0 aromatic heterocycles. The summed E-state index contributed by atoms with van der Waals surface area (Å²) >= 11 is 0. The fraction of sp³-hybridized carbons (Fsp3) is 0.625.